The Morgan fingerprint density at radius 2 is 1.25 bits per heavy atom. The second-order valence-corrected chi connectivity index (χ2v) is 4.55. The van der Waals surface area contributed by atoms with Gasteiger partial charge in [0.15, 0.2) is 0 Å². The SMILES string of the molecule is CCCOC(=O)c1cc(C(=O)OCCO)c(C(=O)O)cc1C(=O)O. The van der Waals surface area contributed by atoms with E-state index in [1.807, 2.05) is 0 Å². The van der Waals surface area contributed by atoms with E-state index in [2.05, 4.69) is 4.74 Å². The maximum Gasteiger partial charge on any atom is 0.339 e. The average Bonchev–Trinajstić information content (AvgIpc) is 2.55. The molecule has 0 unspecified atom stereocenters. The van der Waals surface area contributed by atoms with Crippen LogP contribution in [0.2, 0.25) is 0 Å². The molecule has 0 saturated carbocycles. The summed E-state index contributed by atoms with van der Waals surface area (Å²) in [5, 5.41) is 27.0. The van der Waals surface area contributed by atoms with Gasteiger partial charge in [-0.3, -0.25) is 0 Å². The molecule has 3 N–H and O–H groups in total. The summed E-state index contributed by atoms with van der Waals surface area (Å²) in [6.07, 6.45) is 0.493. The van der Waals surface area contributed by atoms with Crippen LogP contribution >= 0.6 is 0 Å². The molecule has 9 heteroatoms. The quantitative estimate of drug-likeness (QED) is 0.584. The van der Waals surface area contributed by atoms with Crippen molar-refractivity contribution in [2.45, 2.75) is 13.3 Å². The molecule has 0 aliphatic carbocycles. The Morgan fingerprint density at radius 1 is 0.833 bits per heavy atom. The lowest BCUT2D eigenvalue weighted by molar-refractivity contribution is 0.0425. The van der Waals surface area contributed by atoms with Crippen molar-refractivity contribution in [3.63, 3.8) is 0 Å². The van der Waals surface area contributed by atoms with Crippen LogP contribution in [0.15, 0.2) is 12.1 Å². The van der Waals surface area contributed by atoms with Gasteiger partial charge in [0, 0.05) is 0 Å². The van der Waals surface area contributed by atoms with Gasteiger partial charge in [0.1, 0.15) is 6.61 Å². The van der Waals surface area contributed by atoms with Crippen LogP contribution in [0, 0.1) is 0 Å². The van der Waals surface area contributed by atoms with E-state index in [9.17, 15) is 19.2 Å². The Hall–Kier alpha value is -2.94. The number of carbonyl (C=O) groups excluding carboxylic acids is 2. The van der Waals surface area contributed by atoms with Gasteiger partial charge in [-0.25, -0.2) is 19.2 Å². The van der Waals surface area contributed by atoms with Crippen molar-refractivity contribution in [1.82, 2.24) is 0 Å². The third kappa shape index (κ3) is 4.53. The molecule has 0 radical (unpaired) electrons. The summed E-state index contributed by atoms with van der Waals surface area (Å²) in [7, 11) is 0. The molecular formula is C15H16O9. The topological polar surface area (TPSA) is 147 Å². The number of aromatic carboxylic acids is 2. The van der Waals surface area contributed by atoms with E-state index in [0.717, 1.165) is 6.07 Å². The Morgan fingerprint density at radius 3 is 1.62 bits per heavy atom. The Labute approximate surface area is 136 Å². The summed E-state index contributed by atoms with van der Waals surface area (Å²) >= 11 is 0. The third-order valence-corrected chi connectivity index (χ3v) is 2.82. The molecule has 0 aromatic heterocycles. The molecule has 24 heavy (non-hydrogen) atoms. The van der Waals surface area contributed by atoms with Crippen LogP contribution in [0.3, 0.4) is 0 Å². The zero-order valence-electron chi connectivity index (χ0n) is 12.8. The van der Waals surface area contributed by atoms with Crippen LogP contribution in [0.4, 0.5) is 0 Å². The first-order valence-corrected chi connectivity index (χ1v) is 6.93. The summed E-state index contributed by atoms with van der Waals surface area (Å²) < 4.78 is 9.47. The van der Waals surface area contributed by atoms with Crippen molar-refractivity contribution in [2.24, 2.45) is 0 Å². The van der Waals surface area contributed by atoms with Gasteiger partial charge in [-0.05, 0) is 18.6 Å². The van der Waals surface area contributed by atoms with Gasteiger partial charge >= 0.3 is 23.9 Å². The summed E-state index contributed by atoms with van der Waals surface area (Å²) in [5.74, 6) is -5.22. The van der Waals surface area contributed by atoms with Crippen molar-refractivity contribution in [2.75, 3.05) is 19.8 Å². The predicted octanol–water partition coefficient (Wildman–Crippen LogP) is 0.799. The minimum atomic E-state index is -1.57. The van der Waals surface area contributed by atoms with Crippen LogP contribution in [-0.2, 0) is 9.47 Å². The number of carboxylic acids is 2. The largest absolute Gasteiger partial charge is 0.478 e. The highest BCUT2D eigenvalue weighted by Crippen LogP contribution is 2.20. The van der Waals surface area contributed by atoms with Gasteiger partial charge in [0.25, 0.3) is 0 Å². The molecule has 0 spiro atoms. The highest BCUT2D eigenvalue weighted by atomic mass is 16.5. The first kappa shape index (κ1) is 19.1. The van der Waals surface area contributed by atoms with Gasteiger partial charge in [-0.2, -0.15) is 0 Å². The molecule has 0 bridgehead atoms. The monoisotopic (exact) mass is 340 g/mol. The van der Waals surface area contributed by atoms with E-state index in [1.54, 1.807) is 6.92 Å². The fraction of sp³-hybridized carbons (Fsp3) is 0.333. The van der Waals surface area contributed by atoms with Crippen LogP contribution in [-0.4, -0.2) is 59.0 Å². The lowest BCUT2D eigenvalue weighted by Crippen LogP contribution is -2.19. The fourth-order valence-corrected chi connectivity index (χ4v) is 1.78. The molecule has 9 nitrogen and oxygen atoms in total. The zero-order chi connectivity index (χ0) is 18.3. The second-order valence-electron chi connectivity index (χ2n) is 4.55. The highest BCUT2D eigenvalue weighted by Gasteiger charge is 2.26. The number of aliphatic hydroxyl groups is 1. The van der Waals surface area contributed by atoms with Crippen molar-refractivity contribution >= 4 is 23.9 Å². The molecule has 0 aliphatic heterocycles. The maximum atomic E-state index is 12.0. The van der Waals surface area contributed by atoms with Crippen molar-refractivity contribution < 1.29 is 44.0 Å². The highest BCUT2D eigenvalue weighted by molar-refractivity contribution is 6.09. The number of rotatable bonds is 8. The van der Waals surface area contributed by atoms with Gasteiger partial charge in [0.05, 0.1) is 35.5 Å². The minimum Gasteiger partial charge on any atom is -0.478 e. The van der Waals surface area contributed by atoms with Crippen LogP contribution in [0.5, 0.6) is 0 Å². The summed E-state index contributed by atoms with van der Waals surface area (Å²) in [6, 6.07) is 1.51. The maximum absolute atomic E-state index is 12.0. The summed E-state index contributed by atoms with van der Waals surface area (Å²) in [6.45, 7) is 0.903. The number of ether oxygens (including phenoxy) is 2. The van der Waals surface area contributed by atoms with Gasteiger partial charge in [-0.15, -0.1) is 0 Å². The molecule has 0 saturated heterocycles. The molecule has 0 atom stereocenters. The van der Waals surface area contributed by atoms with Crippen molar-refractivity contribution in [3.8, 4) is 0 Å². The van der Waals surface area contributed by atoms with Crippen LogP contribution in [0.1, 0.15) is 54.8 Å². The molecule has 1 aromatic rings. The Kier molecular flexibility index (Phi) is 6.87. The second kappa shape index (κ2) is 8.63. The summed E-state index contributed by atoms with van der Waals surface area (Å²) in [5.41, 5.74) is -2.21. The van der Waals surface area contributed by atoms with E-state index in [-0.39, 0.29) is 13.2 Å². The van der Waals surface area contributed by atoms with Crippen molar-refractivity contribution in [3.05, 3.63) is 34.4 Å². The van der Waals surface area contributed by atoms with Gasteiger partial charge in [-0.1, -0.05) is 6.92 Å². The van der Waals surface area contributed by atoms with Crippen molar-refractivity contribution in [1.29, 1.82) is 0 Å². The standard InChI is InChI=1S/C15H16O9/c1-2-4-23-14(21)10-7-11(15(22)24-5-3-16)9(13(19)20)6-8(10)12(17)18/h6-7,16H,2-5H2,1H3,(H,17,18)(H,19,20). The molecule has 0 fully saturated rings. The average molecular weight is 340 g/mol. The van der Waals surface area contributed by atoms with E-state index >= 15 is 0 Å². The molecule has 1 aromatic carbocycles. The number of carboxylic acid groups (broad SMARTS) is 2. The Bertz CT molecular complexity index is 610. The zero-order valence-corrected chi connectivity index (χ0v) is 12.8. The lowest BCUT2D eigenvalue weighted by Gasteiger charge is -2.11. The normalized spacial score (nSPS) is 10.1. The van der Waals surface area contributed by atoms with E-state index in [0.29, 0.717) is 12.5 Å². The van der Waals surface area contributed by atoms with Gasteiger partial charge < -0.3 is 24.8 Å². The number of aliphatic hydroxyl groups excluding tert-OH is 1. The van der Waals surface area contributed by atoms with E-state index in [4.69, 9.17) is 20.1 Å². The summed E-state index contributed by atoms with van der Waals surface area (Å²) in [4.78, 5) is 46.4. The molecular weight excluding hydrogens is 324 g/mol. The van der Waals surface area contributed by atoms with E-state index < -0.39 is 52.7 Å². The number of hydrogen-bond acceptors (Lipinski definition) is 7. The number of esters is 2. The molecule has 0 heterocycles. The molecule has 0 amide bonds. The number of benzene rings is 1. The third-order valence-electron chi connectivity index (χ3n) is 2.82. The van der Waals surface area contributed by atoms with Crippen LogP contribution < -0.4 is 0 Å². The fourth-order valence-electron chi connectivity index (χ4n) is 1.78. The molecule has 1 rings (SSSR count). The number of carbonyl (C=O) groups is 4. The lowest BCUT2D eigenvalue weighted by atomic mass is 9.98. The smallest absolute Gasteiger partial charge is 0.339 e. The van der Waals surface area contributed by atoms with E-state index in [1.165, 1.54) is 0 Å². The minimum absolute atomic E-state index is 0.0306. The first-order chi connectivity index (χ1) is 11.3. The molecule has 0 aliphatic rings. The first-order valence-electron chi connectivity index (χ1n) is 6.93. The molecule has 130 valence electrons. The predicted molar refractivity (Wildman–Crippen MR) is 78.3 cm³/mol. The van der Waals surface area contributed by atoms with Crippen LogP contribution in [0.25, 0.3) is 0 Å². The Balaban J connectivity index is 3.45. The number of hydrogen-bond donors (Lipinski definition) is 3. The van der Waals surface area contributed by atoms with Gasteiger partial charge in [0.2, 0.25) is 0 Å².